The first kappa shape index (κ1) is 18.7. The molecular formula is C22H15N3O3S2. The SMILES string of the molecule is O=C1CC(n2c(O)c(C=C3C=Nc4ccccc43)sc2=S)C(=O)N1c1ccccc1. The van der Waals surface area contributed by atoms with Crippen LogP contribution in [0.15, 0.2) is 59.6 Å². The number of rotatable bonds is 3. The number of imide groups is 1. The summed E-state index contributed by atoms with van der Waals surface area (Å²) in [5.41, 5.74) is 3.19. The molecule has 0 saturated carbocycles. The largest absolute Gasteiger partial charge is 0.493 e. The number of hydrogen-bond donors (Lipinski definition) is 1. The Morgan fingerprint density at radius 1 is 1.10 bits per heavy atom. The van der Waals surface area contributed by atoms with E-state index >= 15 is 0 Å². The van der Waals surface area contributed by atoms with Gasteiger partial charge in [0, 0.05) is 17.4 Å². The third-order valence-electron chi connectivity index (χ3n) is 5.14. The van der Waals surface area contributed by atoms with Gasteiger partial charge in [-0.25, -0.2) is 4.90 Å². The smallest absolute Gasteiger partial charge is 0.257 e. The fourth-order valence-corrected chi connectivity index (χ4v) is 5.08. The summed E-state index contributed by atoms with van der Waals surface area (Å²) in [6.45, 7) is 0. The molecule has 3 heterocycles. The van der Waals surface area contributed by atoms with Gasteiger partial charge in [-0.05, 0) is 36.5 Å². The van der Waals surface area contributed by atoms with Crippen LogP contribution in [0.4, 0.5) is 11.4 Å². The summed E-state index contributed by atoms with van der Waals surface area (Å²) in [6, 6.07) is 15.6. The van der Waals surface area contributed by atoms with E-state index in [0.29, 0.717) is 14.5 Å². The average molecular weight is 434 g/mol. The second-order valence-electron chi connectivity index (χ2n) is 6.92. The number of benzene rings is 2. The Kier molecular flexibility index (Phi) is 4.45. The number of anilines is 1. The number of aromatic hydroxyl groups is 1. The molecule has 30 heavy (non-hydrogen) atoms. The Morgan fingerprint density at radius 3 is 2.63 bits per heavy atom. The highest BCUT2D eigenvalue weighted by Crippen LogP contribution is 2.39. The highest BCUT2D eigenvalue weighted by molar-refractivity contribution is 7.73. The Bertz CT molecular complexity index is 1300. The number of para-hydroxylation sites is 2. The lowest BCUT2D eigenvalue weighted by molar-refractivity contribution is -0.122. The number of thiazole rings is 1. The number of nitrogens with zero attached hydrogens (tertiary/aromatic N) is 3. The second-order valence-corrected chi connectivity index (χ2v) is 8.60. The lowest BCUT2D eigenvalue weighted by atomic mass is 10.1. The van der Waals surface area contributed by atoms with E-state index in [1.165, 1.54) is 15.9 Å². The van der Waals surface area contributed by atoms with Gasteiger partial charge < -0.3 is 5.11 Å². The number of allylic oxidation sites excluding steroid dienone is 1. The highest BCUT2D eigenvalue weighted by Gasteiger charge is 2.42. The third-order valence-corrected chi connectivity index (χ3v) is 6.47. The van der Waals surface area contributed by atoms with Crippen molar-refractivity contribution < 1.29 is 14.7 Å². The molecule has 1 aromatic heterocycles. The third kappa shape index (κ3) is 2.92. The maximum absolute atomic E-state index is 13.0. The zero-order valence-corrected chi connectivity index (χ0v) is 17.2. The van der Waals surface area contributed by atoms with Gasteiger partial charge in [0.2, 0.25) is 11.8 Å². The monoisotopic (exact) mass is 433 g/mol. The Hall–Kier alpha value is -3.36. The fraction of sp³-hybridized carbons (Fsp3) is 0.0909. The summed E-state index contributed by atoms with van der Waals surface area (Å²) >= 11 is 6.64. The zero-order valence-electron chi connectivity index (χ0n) is 15.6. The maximum Gasteiger partial charge on any atom is 0.257 e. The van der Waals surface area contributed by atoms with Crippen LogP contribution >= 0.6 is 23.6 Å². The number of carbonyl (C=O) groups excluding carboxylic acids is 2. The summed E-state index contributed by atoms with van der Waals surface area (Å²) in [7, 11) is 0. The van der Waals surface area contributed by atoms with Crippen LogP contribution in [0.5, 0.6) is 5.88 Å². The molecule has 0 bridgehead atoms. The summed E-state index contributed by atoms with van der Waals surface area (Å²) in [5.74, 6) is -0.834. The van der Waals surface area contributed by atoms with Crippen molar-refractivity contribution in [2.75, 3.05) is 4.90 Å². The van der Waals surface area contributed by atoms with E-state index in [2.05, 4.69) is 4.99 Å². The van der Waals surface area contributed by atoms with Gasteiger partial charge >= 0.3 is 0 Å². The van der Waals surface area contributed by atoms with Crippen LogP contribution < -0.4 is 4.90 Å². The van der Waals surface area contributed by atoms with Gasteiger partial charge in [0.25, 0.3) is 5.91 Å². The standard InChI is InChI=1S/C22H15N3O3S2/c26-19-11-17(20(27)24(19)14-6-2-1-3-7-14)25-21(28)18(30-22(25)29)10-13-12-23-16-9-5-4-8-15(13)16/h1-10,12,17,28H,11H2. The van der Waals surface area contributed by atoms with Crippen molar-refractivity contribution in [3.8, 4) is 5.88 Å². The quantitative estimate of drug-likeness (QED) is 0.478. The molecule has 2 aliphatic heterocycles. The molecule has 1 saturated heterocycles. The Labute approximate surface area is 181 Å². The van der Waals surface area contributed by atoms with Crippen LogP contribution in [0, 0.1) is 3.95 Å². The molecule has 5 rings (SSSR count). The first-order valence-corrected chi connectivity index (χ1v) is 10.5. The summed E-state index contributed by atoms with van der Waals surface area (Å²) < 4.78 is 1.72. The van der Waals surface area contributed by atoms with E-state index in [9.17, 15) is 14.7 Å². The molecule has 2 aliphatic rings. The van der Waals surface area contributed by atoms with Crippen molar-refractivity contribution >= 4 is 64.6 Å². The molecule has 0 aliphatic carbocycles. The molecule has 1 fully saturated rings. The number of amides is 2. The van der Waals surface area contributed by atoms with Crippen LogP contribution in [0.1, 0.15) is 22.9 Å². The number of aliphatic imine (C=N–C) groups is 1. The van der Waals surface area contributed by atoms with Gasteiger partial charge in [-0.2, -0.15) is 0 Å². The maximum atomic E-state index is 13.0. The van der Waals surface area contributed by atoms with E-state index in [4.69, 9.17) is 12.2 Å². The lowest BCUT2D eigenvalue weighted by Gasteiger charge is -2.15. The van der Waals surface area contributed by atoms with Crippen molar-refractivity contribution in [2.24, 2.45) is 4.99 Å². The minimum atomic E-state index is -0.863. The lowest BCUT2D eigenvalue weighted by Crippen LogP contribution is -2.31. The van der Waals surface area contributed by atoms with E-state index in [-0.39, 0.29) is 18.2 Å². The molecule has 1 atom stereocenters. The molecule has 6 nitrogen and oxygen atoms in total. The topological polar surface area (TPSA) is 74.9 Å². The van der Waals surface area contributed by atoms with Gasteiger partial charge in [-0.3, -0.25) is 19.1 Å². The molecule has 1 N–H and O–H groups in total. The molecule has 1 unspecified atom stereocenters. The Balaban J connectivity index is 1.52. The van der Waals surface area contributed by atoms with E-state index in [0.717, 1.165) is 21.7 Å². The van der Waals surface area contributed by atoms with Crippen molar-refractivity contribution in [2.45, 2.75) is 12.5 Å². The van der Waals surface area contributed by atoms with Crippen LogP contribution in [0.3, 0.4) is 0 Å². The van der Waals surface area contributed by atoms with Crippen LogP contribution in [0.25, 0.3) is 11.6 Å². The number of hydrogen-bond acceptors (Lipinski definition) is 6. The summed E-state index contributed by atoms with van der Waals surface area (Å²) in [6.07, 6.45) is 3.49. The molecule has 0 radical (unpaired) electrons. The van der Waals surface area contributed by atoms with Crippen molar-refractivity contribution in [3.05, 3.63) is 69.0 Å². The molecule has 3 aromatic rings. The van der Waals surface area contributed by atoms with Crippen LogP contribution in [-0.4, -0.2) is 27.7 Å². The summed E-state index contributed by atoms with van der Waals surface area (Å²) in [4.78, 5) is 31.6. The van der Waals surface area contributed by atoms with Crippen LogP contribution in [0.2, 0.25) is 0 Å². The van der Waals surface area contributed by atoms with Gasteiger partial charge in [0.1, 0.15) is 6.04 Å². The van der Waals surface area contributed by atoms with E-state index < -0.39 is 11.9 Å². The van der Waals surface area contributed by atoms with Crippen molar-refractivity contribution in [1.29, 1.82) is 0 Å². The molecule has 148 valence electrons. The zero-order chi connectivity index (χ0) is 20.8. The summed E-state index contributed by atoms with van der Waals surface area (Å²) in [5, 5.41) is 10.9. The fourth-order valence-electron chi connectivity index (χ4n) is 3.72. The molecule has 8 heteroatoms. The highest BCUT2D eigenvalue weighted by atomic mass is 32.1. The molecular weight excluding hydrogens is 418 g/mol. The van der Waals surface area contributed by atoms with Crippen LogP contribution in [-0.2, 0) is 9.59 Å². The molecule has 2 aromatic carbocycles. The van der Waals surface area contributed by atoms with Gasteiger partial charge in [0.15, 0.2) is 3.95 Å². The van der Waals surface area contributed by atoms with Crippen molar-refractivity contribution in [3.63, 3.8) is 0 Å². The number of fused-ring (bicyclic) bond motifs is 1. The van der Waals surface area contributed by atoms with E-state index in [1.54, 1.807) is 36.6 Å². The predicted octanol–water partition coefficient (Wildman–Crippen LogP) is 4.75. The normalized spacial score (nSPS) is 19.1. The number of carbonyl (C=O) groups is 2. The minimum Gasteiger partial charge on any atom is -0.493 e. The van der Waals surface area contributed by atoms with Gasteiger partial charge in [0.05, 0.1) is 22.7 Å². The van der Waals surface area contributed by atoms with Crippen molar-refractivity contribution in [1.82, 2.24) is 4.57 Å². The average Bonchev–Trinajstić information content (AvgIpc) is 3.37. The predicted molar refractivity (Wildman–Crippen MR) is 120 cm³/mol. The molecule has 0 spiro atoms. The second kappa shape index (κ2) is 7.16. The number of aromatic nitrogens is 1. The Morgan fingerprint density at radius 2 is 1.83 bits per heavy atom. The van der Waals surface area contributed by atoms with Gasteiger partial charge in [-0.15, -0.1) is 11.3 Å². The first-order chi connectivity index (χ1) is 14.5. The first-order valence-electron chi connectivity index (χ1n) is 9.26. The minimum absolute atomic E-state index is 0.0490. The van der Waals surface area contributed by atoms with E-state index in [1.807, 2.05) is 30.3 Å². The molecule has 2 amide bonds. The van der Waals surface area contributed by atoms with Gasteiger partial charge in [-0.1, -0.05) is 36.4 Å².